The van der Waals surface area contributed by atoms with Gasteiger partial charge in [-0.15, -0.1) is 11.3 Å². The van der Waals surface area contributed by atoms with Crippen molar-refractivity contribution in [1.29, 1.82) is 0 Å². The van der Waals surface area contributed by atoms with E-state index in [2.05, 4.69) is 47.8 Å². The van der Waals surface area contributed by atoms with Crippen LogP contribution in [-0.4, -0.2) is 5.78 Å². The van der Waals surface area contributed by atoms with Crippen LogP contribution in [0.3, 0.4) is 0 Å². The first-order valence-electron chi connectivity index (χ1n) is 4.32. The summed E-state index contributed by atoms with van der Waals surface area (Å²) in [5.41, 5.74) is 0.676. The first kappa shape index (κ1) is 12.5. The third-order valence-electron chi connectivity index (χ3n) is 1.92. The molecule has 0 radical (unpaired) electrons. The summed E-state index contributed by atoms with van der Waals surface area (Å²) in [4.78, 5) is 12.8. The lowest BCUT2D eigenvalue weighted by molar-refractivity contribution is 0.104. The van der Waals surface area contributed by atoms with E-state index in [-0.39, 0.29) is 5.78 Å². The molecule has 82 valence electrons. The number of hydrogen-bond donors (Lipinski definition) is 0. The Labute approximate surface area is 122 Å². The molecule has 0 aliphatic heterocycles. The Kier molecular flexibility index (Phi) is 4.00. The summed E-state index contributed by atoms with van der Waals surface area (Å²) in [6.45, 7) is 0. The van der Waals surface area contributed by atoms with Crippen molar-refractivity contribution >= 4 is 64.9 Å². The van der Waals surface area contributed by atoms with Crippen LogP contribution in [0, 0.1) is 0 Å². The van der Waals surface area contributed by atoms with Crippen LogP contribution in [0.4, 0.5) is 0 Å². The predicted octanol–water partition coefficient (Wildman–Crippen LogP) is 5.27. The van der Waals surface area contributed by atoms with E-state index < -0.39 is 0 Å². The van der Waals surface area contributed by atoms with Crippen LogP contribution in [0.2, 0.25) is 0 Å². The van der Waals surface area contributed by atoms with Crippen molar-refractivity contribution < 1.29 is 4.79 Å². The highest BCUT2D eigenvalue weighted by molar-refractivity contribution is 9.11. The minimum absolute atomic E-state index is 0.0395. The molecule has 5 heteroatoms. The first-order valence-corrected chi connectivity index (χ1v) is 7.52. The van der Waals surface area contributed by atoms with Crippen LogP contribution >= 0.6 is 59.1 Å². The Morgan fingerprint density at radius 2 is 1.62 bits per heavy atom. The molecule has 16 heavy (non-hydrogen) atoms. The molecule has 0 amide bonds. The molecule has 1 aromatic heterocycles. The number of rotatable bonds is 2. The van der Waals surface area contributed by atoms with Gasteiger partial charge in [0.25, 0.3) is 0 Å². The summed E-state index contributed by atoms with van der Waals surface area (Å²) in [6.07, 6.45) is 0. The molecule has 0 atom stereocenters. The third kappa shape index (κ3) is 2.83. The highest BCUT2D eigenvalue weighted by Crippen LogP contribution is 2.27. The van der Waals surface area contributed by atoms with Gasteiger partial charge in [0.2, 0.25) is 5.78 Å². The van der Waals surface area contributed by atoms with Gasteiger partial charge < -0.3 is 0 Å². The Morgan fingerprint density at radius 3 is 2.12 bits per heavy atom. The second-order valence-electron chi connectivity index (χ2n) is 3.09. The molecule has 1 aromatic carbocycles. The molecule has 0 spiro atoms. The summed E-state index contributed by atoms with van der Waals surface area (Å²) >= 11 is 11.5. The van der Waals surface area contributed by atoms with Gasteiger partial charge in [-0.05, 0) is 46.3 Å². The highest BCUT2D eigenvalue weighted by Gasteiger charge is 2.12. The fourth-order valence-electron chi connectivity index (χ4n) is 1.26. The zero-order valence-electron chi connectivity index (χ0n) is 7.84. The minimum Gasteiger partial charge on any atom is -0.288 e. The van der Waals surface area contributed by atoms with Crippen molar-refractivity contribution in [3.63, 3.8) is 0 Å². The number of hydrogen-bond acceptors (Lipinski definition) is 2. The average Bonchev–Trinajstić information content (AvgIpc) is 2.62. The van der Waals surface area contributed by atoms with Gasteiger partial charge in [-0.1, -0.05) is 31.9 Å². The van der Waals surface area contributed by atoms with Gasteiger partial charge in [-0.3, -0.25) is 4.79 Å². The normalized spacial score (nSPS) is 10.4. The molecule has 1 heterocycles. The van der Waals surface area contributed by atoms with Gasteiger partial charge in [0.1, 0.15) is 0 Å². The predicted molar refractivity (Wildman–Crippen MR) is 77.3 cm³/mol. The van der Waals surface area contributed by atoms with E-state index >= 15 is 0 Å². The van der Waals surface area contributed by atoms with Crippen LogP contribution in [0.15, 0.2) is 43.1 Å². The van der Waals surface area contributed by atoms with Gasteiger partial charge in [0.15, 0.2) is 0 Å². The Morgan fingerprint density at radius 1 is 1.00 bits per heavy atom. The average molecular weight is 425 g/mol. The molecule has 0 aliphatic rings. The first-order chi connectivity index (χ1) is 7.56. The van der Waals surface area contributed by atoms with E-state index in [1.165, 1.54) is 11.3 Å². The lowest BCUT2D eigenvalue weighted by atomic mass is 10.1. The lowest BCUT2D eigenvalue weighted by Crippen LogP contribution is -1.98. The van der Waals surface area contributed by atoms with E-state index in [4.69, 9.17) is 0 Å². The number of thiophene rings is 1. The van der Waals surface area contributed by atoms with Crippen molar-refractivity contribution in [2.45, 2.75) is 0 Å². The van der Waals surface area contributed by atoms with Crippen LogP contribution in [0.5, 0.6) is 0 Å². The minimum atomic E-state index is 0.0395. The SMILES string of the molecule is O=C(c1cc(Br)cc(Br)c1)c1ccc(Br)s1. The second kappa shape index (κ2) is 5.12. The molecular formula is C11H5Br3OS. The van der Waals surface area contributed by atoms with Gasteiger partial charge in [-0.25, -0.2) is 0 Å². The maximum absolute atomic E-state index is 12.1. The number of carbonyl (C=O) groups excluding carboxylic acids is 1. The van der Waals surface area contributed by atoms with Gasteiger partial charge >= 0.3 is 0 Å². The number of carbonyl (C=O) groups is 1. The molecule has 2 rings (SSSR count). The van der Waals surface area contributed by atoms with E-state index in [0.717, 1.165) is 17.6 Å². The quantitative estimate of drug-likeness (QED) is 0.600. The molecule has 2 aromatic rings. The standard InChI is InChI=1S/C11H5Br3OS/c12-7-3-6(4-8(13)5-7)11(15)9-1-2-10(14)16-9/h1-5H. The molecule has 0 N–H and O–H groups in total. The number of ketones is 1. The molecule has 0 saturated carbocycles. The fourth-order valence-corrected chi connectivity index (χ4v) is 3.91. The van der Waals surface area contributed by atoms with Crippen LogP contribution in [0.25, 0.3) is 0 Å². The van der Waals surface area contributed by atoms with Crippen molar-refractivity contribution in [1.82, 2.24) is 0 Å². The van der Waals surface area contributed by atoms with Crippen LogP contribution in [-0.2, 0) is 0 Å². The second-order valence-corrected chi connectivity index (χ2v) is 7.39. The molecule has 0 fully saturated rings. The van der Waals surface area contributed by atoms with Crippen molar-refractivity contribution in [2.75, 3.05) is 0 Å². The van der Waals surface area contributed by atoms with Crippen molar-refractivity contribution in [3.8, 4) is 0 Å². The number of halogens is 3. The van der Waals surface area contributed by atoms with E-state index in [9.17, 15) is 4.79 Å². The zero-order chi connectivity index (χ0) is 11.7. The molecular weight excluding hydrogens is 420 g/mol. The van der Waals surface area contributed by atoms with E-state index in [1.54, 1.807) is 0 Å². The molecule has 1 nitrogen and oxygen atoms in total. The summed E-state index contributed by atoms with van der Waals surface area (Å²) < 4.78 is 2.74. The van der Waals surface area contributed by atoms with Gasteiger partial charge in [-0.2, -0.15) is 0 Å². The topological polar surface area (TPSA) is 17.1 Å². The summed E-state index contributed by atoms with van der Waals surface area (Å²) in [5.74, 6) is 0.0395. The summed E-state index contributed by atoms with van der Waals surface area (Å²) in [7, 11) is 0. The fraction of sp³-hybridized carbons (Fsp3) is 0. The summed E-state index contributed by atoms with van der Waals surface area (Å²) in [5, 5.41) is 0. The van der Waals surface area contributed by atoms with Crippen molar-refractivity contribution in [3.05, 3.63) is 53.5 Å². The Balaban J connectivity index is 2.41. The maximum Gasteiger partial charge on any atom is 0.203 e. The smallest absolute Gasteiger partial charge is 0.203 e. The van der Waals surface area contributed by atoms with Crippen LogP contribution in [0.1, 0.15) is 15.2 Å². The van der Waals surface area contributed by atoms with E-state index in [0.29, 0.717) is 5.56 Å². The maximum atomic E-state index is 12.1. The molecule has 0 aliphatic carbocycles. The summed E-state index contributed by atoms with van der Waals surface area (Å²) in [6, 6.07) is 9.25. The number of benzene rings is 1. The van der Waals surface area contributed by atoms with Gasteiger partial charge in [0.05, 0.1) is 8.66 Å². The molecule has 0 unspecified atom stereocenters. The Hall–Kier alpha value is 0.0300. The molecule has 0 bridgehead atoms. The lowest BCUT2D eigenvalue weighted by Gasteiger charge is -2.00. The molecule has 0 saturated heterocycles. The monoisotopic (exact) mass is 422 g/mol. The Bertz CT molecular complexity index is 528. The third-order valence-corrected chi connectivity index (χ3v) is 4.46. The van der Waals surface area contributed by atoms with Crippen molar-refractivity contribution in [2.24, 2.45) is 0 Å². The zero-order valence-corrected chi connectivity index (χ0v) is 13.4. The van der Waals surface area contributed by atoms with E-state index in [1.807, 2.05) is 30.3 Å². The van der Waals surface area contributed by atoms with Gasteiger partial charge in [0, 0.05) is 14.5 Å². The largest absolute Gasteiger partial charge is 0.288 e. The highest BCUT2D eigenvalue weighted by atomic mass is 79.9. The van der Waals surface area contributed by atoms with Crippen LogP contribution < -0.4 is 0 Å².